The number of aliphatic hydroxyl groups excluding tert-OH is 1. The predicted molar refractivity (Wildman–Crippen MR) is 59.6 cm³/mol. The van der Waals surface area contributed by atoms with E-state index in [-0.39, 0.29) is 30.0 Å². The molecule has 0 rings (SSSR count). The molecule has 0 heterocycles. The van der Waals surface area contributed by atoms with Crippen molar-refractivity contribution in [3.05, 3.63) is 0 Å². The molecule has 0 aromatic rings. The molecule has 1 atom stereocenters. The molecule has 0 saturated carbocycles. The number of ether oxygens (including phenoxy) is 1. The average Bonchev–Trinajstić information content (AvgIpc) is 2.20. The number of rotatable bonds is 7. The first-order valence-electron chi connectivity index (χ1n) is 5.08. The van der Waals surface area contributed by atoms with Gasteiger partial charge in [-0.05, 0) is 13.3 Å². The molecule has 15 heavy (non-hydrogen) atoms. The average molecular weight is 234 g/mol. The molecular formula is C10H18O4S. The summed E-state index contributed by atoms with van der Waals surface area (Å²) in [4.78, 5) is 22.3. The van der Waals surface area contributed by atoms with E-state index in [2.05, 4.69) is 0 Å². The lowest BCUT2D eigenvalue weighted by molar-refractivity contribution is -0.142. The van der Waals surface area contributed by atoms with Gasteiger partial charge in [0.1, 0.15) is 0 Å². The maximum atomic E-state index is 11.4. The van der Waals surface area contributed by atoms with Gasteiger partial charge in [0, 0.05) is 5.75 Å². The number of esters is 1. The molecule has 0 aliphatic rings. The van der Waals surface area contributed by atoms with Crippen LogP contribution in [0.2, 0.25) is 0 Å². The van der Waals surface area contributed by atoms with Crippen LogP contribution in [0.1, 0.15) is 26.7 Å². The Morgan fingerprint density at radius 1 is 1.40 bits per heavy atom. The number of carbonyl (C=O) groups excluding carboxylic acids is 2. The van der Waals surface area contributed by atoms with Crippen LogP contribution >= 0.6 is 11.8 Å². The van der Waals surface area contributed by atoms with Crippen molar-refractivity contribution in [3.63, 3.8) is 0 Å². The summed E-state index contributed by atoms with van der Waals surface area (Å²) in [5.41, 5.74) is 0. The van der Waals surface area contributed by atoms with Crippen molar-refractivity contribution >= 4 is 22.8 Å². The Hall–Kier alpha value is -0.550. The van der Waals surface area contributed by atoms with Gasteiger partial charge in [-0.25, -0.2) is 0 Å². The summed E-state index contributed by atoms with van der Waals surface area (Å²) >= 11 is 1.09. The zero-order chi connectivity index (χ0) is 11.7. The van der Waals surface area contributed by atoms with E-state index in [1.54, 1.807) is 6.92 Å². The Morgan fingerprint density at radius 3 is 2.53 bits per heavy atom. The minimum absolute atomic E-state index is 0.0516. The van der Waals surface area contributed by atoms with Crippen LogP contribution in [0.25, 0.3) is 0 Å². The maximum absolute atomic E-state index is 11.4. The number of carbonyl (C=O) groups is 2. The standard InChI is InChI=1S/C10H18O4S/c1-3-8(7-11)10(13)15-6-5-9(12)14-4-2/h8,11H,3-7H2,1-2H3/t8-/m0/s1. The summed E-state index contributed by atoms with van der Waals surface area (Å²) in [6.07, 6.45) is 0.869. The van der Waals surface area contributed by atoms with Crippen LogP contribution in [0.3, 0.4) is 0 Å². The molecule has 0 unspecified atom stereocenters. The summed E-state index contributed by atoms with van der Waals surface area (Å²) in [5, 5.41) is 8.81. The first-order chi connectivity index (χ1) is 7.15. The van der Waals surface area contributed by atoms with Crippen molar-refractivity contribution in [2.45, 2.75) is 26.7 Å². The summed E-state index contributed by atoms with van der Waals surface area (Å²) in [5.74, 6) is -0.166. The molecule has 0 aromatic heterocycles. The fraction of sp³-hybridized carbons (Fsp3) is 0.800. The minimum atomic E-state index is -0.308. The second kappa shape index (κ2) is 8.73. The van der Waals surface area contributed by atoms with Gasteiger partial charge in [0.2, 0.25) is 0 Å². The summed E-state index contributed by atoms with van der Waals surface area (Å²) < 4.78 is 4.72. The molecule has 5 heteroatoms. The molecule has 4 nitrogen and oxygen atoms in total. The van der Waals surface area contributed by atoms with Gasteiger partial charge < -0.3 is 9.84 Å². The summed E-state index contributed by atoms with van der Waals surface area (Å²) in [7, 11) is 0. The molecule has 0 bridgehead atoms. The topological polar surface area (TPSA) is 63.6 Å². The van der Waals surface area contributed by atoms with Crippen LogP contribution in [0.4, 0.5) is 0 Å². The predicted octanol–water partition coefficient (Wildman–Crippen LogP) is 1.22. The Kier molecular flexibility index (Phi) is 8.41. The van der Waals surface area contributed by atoms with Crippen molar-refractivity contribution in [1.82, 2.24) is 0 Å². The number of aliphatic hydroxyl groups is 1. The SMILES string of the molecule is CCOC(=O)CCSC(=O)[C@@H](CC)CO. The van der Waals surface area contributed by atoms with Gasteiger partial charge in [0.05, 0.1) is 25.6 Å². The van der Waals surface area contributed by atoms with Crippen LogP contribution in [-0.4, -0.2) is 35.2 Å². The fourth-order valence-corrected chi connectivity index (χ4v) is 1.90. The third kappa shape index (κ3) is 6.52. The van der Waals surface area contributed by atoms with Crippen LogP contribution < -0.4 is 0 Å². The molecule has 1 N–H and O–H groups in total. The molecule has 0 aliphatic carbocycles. The lowest BCUT2D eigenvalue weighted by Crippen LogP contribution is -2.15. The highest BCUT2D eigenvalue weighted by atomic mass is 32.2. The maximum Gasteiger partial charge on any atom is 0.306 e. The smallest absolute Gasteiger partial charge is 0.306 e. The summed E-state index contributed by atoms with van der Waals surface area (Å²) in [6, 6.07) is 0. The first-order valence-corrected chi connectivity index (χ1v) is 6.07. The molecule has 0 fully saturated rings. The monoisotopic (exact) mass is 234 g/mol. The molecule has 0 amide bonds. The van der Waals surface area contributed by atoms with E-state index in [4.69, 9.17) is 9.84 Å². The quantitative estimate of drug-likeness (QED) is 0.671. The minimum Gasteiger partial charge on any atom is -0.466 e. The van der Waals surface area contributed by atoms with Gasteiger partial charge in [-0.2, -0.15) is 0 Å². The molecule has 0 saturated heterocycles. The lowest BCUT2D eigenvalue weighted by Gasteiger charge is -2.08. The Balaban J connectivity index is 3.67. The Morgan fingerprint density at radius 2 is 2.07 bits per heavy atom. The van der Waals surface area contributed by atoms with E-state index >= 15 is 0 Å². The van der Waals surface area contributed by atoms with Crippen molar-refractivity contribution in [2.24, 2.45) is 5.92 Å². The van der Waals surface area contributed by atoms with Crippen molar-refractivity contribution in [1.29, 1.82) is 0 Å². The Bertz CT molecular complexity index is 202. The van der Waals surface area contributed by atoms with E-state index in [1.807, 2.05) is 6.92 Å². The van der Waals surface area contributed by atoms with E-state index in [1.165, 1.54) is 0 Å². The molecular weight excluding hydrogens is 216 g/mol. The first kappa shape index (κ1) is 14.5. The van der Waals surface area contributed by atoms with E-state index in [0.29, 0.717) is 18.8 Å². The van der Waals surface area contributed by atoms with E-state index < -0.39 is 0 Å². The van der Waals surface area contributed by atoms with Gasteiger partial charge in [-0.15, -0.1) is 0 Å². The third-order valence-electron chi connectivity index (χ3n) is 1.90. The molecule has 0 aromatic carbocycles. The van der Waals surface area contributed by atoms with Crippen LogP contribution in [0, 0.1) is 5.92 Å². The van der Waals surface area contributed by atoms with Gasteiger partial charge in [0.25, 0.3) is 0 Å². The highest BCUT2D eigenvalue weighted by molar-refractivity contribution is 8.13. The van der Waals surface area contributed by atoms with Crippen LogP contribution in [-0.2, 0) is 14.3 Å². The van der Waals surface area contributed by atoms with Crippen molar-refractivity contribution in [3.8, 4) is 0 Å². The second-order valence-corrected chi connectivity index (χ2v) is 4.11. The lowest BCUT2D eigenvalue weighted by atomic mass is 10.1. The second-order valence-electron chi connectivity index (χ2n) is 3.01. The normalized spacial score (nSPS) is 12.2. The number of thioether (sulfide) groups is 1. The molecule has 0 spiro atoms. The van der Waals surface area contributed by atoms with Gasteiger partial charge in [-0.3, -0.25) is 9.59 Å². The Labute approximate surface area is 94.4 Å². The van der Waals surface area contributed by atoms with Gasteiger partial charge in [-0.1, -0.05) is 18.7 Å². The van der Waals surface area contributed by atoms with E-state index in [0.717, 1.165) is 11.8 Å². The highest BCUT2D eigenvalue weighted by Crippen LogP contribution is 2.15. The third-order valence-corrected chi connectivity index (χ3v) is 2.93. The zero-order valence-electron chi connectivity index (χ0n) is 9.19. The molecule has 0 radical (unpaired) electrons. The summed E-state index contributed by atoms with van der Waals surface area (Å²) in [6.45, 7) is 3.84. The molecule has 88 valence electrons. The van der Waals surface area contributed by atoms with Crippen molar-refractivity contribution in [2.75, 3.05) is 19.0 Å². The van der Waals surface area contributed by atoms with E-state index in [9.17, 15) is 9.59 Å². The fourth-order valence-electron chi connectivity index (χ4n) is 0.956. The number of hydrogen-bond donors (Lipinski definition) is 1. The van der Waals surface area contributed by atoms with Gasteiger partial charge >= 0.3 is 5.97 Å². The number of hydrogen-bond acceptors (Lipinski definition) is 5. The van der Waals surface area contributed by atoms with Crippen LogP contribution in [0.15, 0.2) is 0 Å². The highest BCUT2D eigenvalue weighted by Gasteiger charge is 2.16. The zero-order valence-corrected chi connectivity index (χ0v) is 10.0. The molecule has 0 aliphatic heterocycles. The van der Waals surface area contributed by atoms with Crippen molar-refractivity contribution < 1.29 is 19.4 Å². The van der Waals surface area contributed by atoms with Gasteiger partial charge in [0.15, 0.2) is 5.12 Å². The van der Waals surface area contributed by atoms with Crippen LogP contribution in [0.5, 0.6) is 0 Å². The largest absolute Gasteiger partial charge is 0.466 e.